The third kappa shape index (κ3) is 4.15. The van der Waals surface area contributed by atoms with E-state index in [-0.39, 0.29) is 17.4 Å². The zero-order valence-corrected chi connectivity index (χ0v) is 14.2. The lowest BCUT2D eigenvalue weighted by Crippen LogP contribution is -2.04. The molecule has 2 aromatic carbocycles. The van der Waals surface area contributed by atoms with Crippen LogP contribution in [0.15, 0.2) is 60.9 Å². The fourth-order valence-corrected chi connectivity index (χ4v) is 2.24. The van der Waals surface area contributed by atoms with Gasteiger partial charge in [0, 0.05) is 5.69 Å². The molecule has 0 aliphatic rings. The van der Waals surface area contributed by atoms with Gasteiger partial charge in [0.25, 0.3) is 0 Å². The number of benzene rings is 2. The van der Waals surface area contributed by atoms with Gasteiger partial charge in [0.15, 0.2) is 0 Å². The molecule has 0 bridgehead atoms. The van der Waals surface area contributed by atoms with Crippen molar-refractivity contribution in [3.8, 4) is 11.6 Å². The van der Waals surface area contributed by atoms with Crippen LogP contribution in [-0.4, -0.2) is 28.0 Å². The number of esters is 1. The standard InChI is InChI=1S/C18H14N4O5/c1-26-18(23)12-7-9-14(10-8-12)27-17-15(22(24)25)16(19-11-20-17)21-13-5-3-2-4-6-13/h2-11H,1H3,(H,19,20,21). The number of carbonyl (C=O) groups is 1. The van der Waals surface area contributed by atoms with Crippen molar-refractivity contribution in [2.45, 2.75) is 0 Å². The maximum absolute atomic E-state index is 11.5. The van der Waals surface area contributed by atoms with E-state index < -0.39 is 16.6 Å². The molecule has 3 rings (SSSR count). The van der Waals surface area contributed by atoms with Crippen molar-refractivity contribution < 1.29 is 19.2 Å². The fourth-order valence-electron chi connectivity index (χ4n) is 2.24. The lowest BCUT2D eigenvalue weighted by molar-refractivity contribution is -0.385. The van der Waals surface area contributed by atoms with E-state index in [9.17, 15) is 14.9 Å². The lowest BCUT2D eigenvalue weighted by Gasteiger charge is -2.09. The number of ether oxygens (including phenoxy) is 2. The van der Waals surface area contributed by atoms with Gasteiger partial charge >= 0.3 is 17.5 Å². The third-order valence-corrected chi connectivity index (χ3v) is 3.50. The largest absolute Gasteiger partial charge is 0.465 e. The molecule has 0 spiro atoms. The predicted octanol–water partition coefficient (Wildman–Crippen LogP) is 3.71. The molecule has 0 saturated heterocycles. The van der Waals surface area contributed by atoms with E-state index in [4.69, 9.17) is 4.74 Å². The summed E-state index contributed by atoms with van der Waals surface area (Å²) in [6.45, 7) is 0. The molecule has 0 atom stereocenters. The highest BCUT2D eigenvalue weighted by Crippen LogP contribution is 2.35. The molecule has 0 saturated carbocycles. The fraction of sp³-hybridized carbons (Fsp3) is 0.0556. The van der Waals surface area contributed by atoms with E-state index in [0.29, 0.717) is 11.3 Å². The molecule has 9 heteroatoms. The minimum Gasteiger partial charge on any atom is -0.465 e. The molecular weight excluding hydrogens is 352 g/mol. The lowest BCUT2D eigenvalue weighted by atomic mass is 10.2. The number of aromatic nitrogens is 2. The van der Waals surface area contributed by atoms with Crippen LogP contribution in [0.1, 0.15) is 10.4 Å². The highest BCUT2D eigenvalue weighted by atomic mass is 16.6. The number of nitrogens with one attached hydrogen (secondary N) is 1. The summed E-state index contributed by atoms with van der Waals surface area (Å²) in [6, 6.07) is 14.8. The van der Waals surface area contributed by atoms with Crippen LogP contribution >= 0.6 is 0 Å². The molecule has 9 nitrogen and oxygen atoms in total. The number of nitrogens with zero attached hydrogens (tertiary/aromatic N) is 3. The van der Waals surface area contributed by atoms with E-state index in [1.165, 1.54) is 31.4 Å². The monoisotopic (exact) mass is 366 g/mol. The van der Waals surface area contributed by atoms with Crippen molar-refractivity contribution in [1.82, 2.24) is 9.97 Å². The van der Waals surface area contributed by atoms with Crippen molar-refractivity contribution in [3.05, 3.63) is 76.6 Å². The Morgan fingerprint density at radius 3 is 2.41 bits per heavy atom. The first-order valence-electron chi connectivity index (χ1n) is 7.76. The van der Waals surface area contributed by atoms with Gasteiger partial charge in [-0.2, -0.15) is 4.98 Å². The second-order valence-corrected chi connectivity index (χ2v) is 5.24. The summed E-state index contributed by atoms with van der Waals surface area (Å²) < 4.78 is 10.2. The van der Waals surface area contributed by atoms with Crippen molar-refractivity contribution in [3.63, 3.8) is 0 Å². The number of methoxy groups -OCH3 is 1. The number of anilines is 2. The van der Waals surface area contributed by atoms with Crippen LogP contribution in [0.4, 0.5) is 17.2 Å². The summed E-state index contributed by atoms with van der Waals surface area (Å²) in [5.41, 5.74) is 0.555. The molecule has 0 unspecified atom stereocenters. The van der Waals surface area contributed by atoms with Crippen LogP contribution < -0.4 is 10.1 Å². The van der Waals surface area contributed by atoms with Gasteiger partial charge in [-0.3, -0.25) is 10.1 Å². The normalized spacial score (nSPS) is 10.1. The third-order valence-electron chi connectivity index (χ3n) is 3.50. The van der Waals surface area contributed by atoms with Crippen molar-refractivity contribution in [2.75, 3.05) is 12.4 Å². The molecule has 0 fully saturated rings. The van der Waals surface area contributed by atoms with Crippen LogP contribution in [0, 0.1) is 10.1 Å². The number of nitro groups is 1. The van der Waals surface area contributed by atoms with E-state index in [0.717, 1.165) is 6.33 Å². The Morgan fingerprint density at radius 2 is 1.78 bits per heavy atom. The van der Waals surface area contributed by atoms with Crippen molar-refractivity contribution in [2.24, 2.45) is 0 Å². The van der Waals surface area contributed by atoms with Gasteiger partial charge in [0.1, 0.15) is 12.1 Å². The molecule has 27 heavy (non-hydrogen) atoms. The minimum absolute atomic E-state index is 0.00220. The molecule has 136 valence electrons. The van der Waals surface area contributed by atoms with Crippen molar-refractivity contribution >= 4 is 23.2 Å². The summed E-state index contributed by atoms with van der Waals surface area (Å²) in [4.78, 5) is 30.2. The number of rotatable bonds is 6. The second-order valence-electron chi connectivity index (χ2n) is 5.24. The Hall–Kier alpha value is -4.01. The molecule has 1 heterocycles. The van der Waals surface area contributed by atoms with E-state index in [2.05, 4.69) is 20.0 Å². The average Bonchev–Trinajstić information content (AvgIpc) is 2.68. The second kappa shape index (κ2) is 7.91. The summed E-state index contributed by atoms with van der Waals surface area (Å²) in [5, 5.41) is 14.4. The highest BCUT2D eigenvalue weighted by Gasteiger charge is 2.25. The Kier molecular flexibility index (Phi) is 5.22. The summed E-state index contributed by atoms with van der Waals surface area (Å²) in [5.74, 6) is -0.444. The van der Waals surface area contributed by atoms with E-state index >= 15 is 0 Å². The van der Waals surface area contributed by atoms with Gasteiger partial charge in [-0.1, -0.05) is 18.2 Å². The Morgan fingerprint density at radius 1 is 1.07 bits per heavy atom. The molecule has 0 radical (unpaired) electrons. The zero-order valence-electron chi connectivity index (χ0n) is 14.2. The first-order valence-corrected chi connectivity index (χ1v) is 7.76. The van der Waals surface area contributed by atoms with Gasteiger partial charge in [-0.25, -0.2) is 9.78 Å². The first-order chi connectivity index (χ1) is 13.1. The number of para-hydroxylation sites is 1. The molecule has 0 aliphatic heterocycles. The molecule has 0 aliphatic carbocycles. The molecular formula is C18H14N4O5. The maximum atomic E-state index is 11.5. The number of hydrogen-bond acceptors (Lipinski definition) is 8. The minimum atomic E-state index is -0.622. The van der Waals surface area contributed by atoms with Gasteiger partial charge in [0.05, 0.1) is 17.6 Å². The van der Waals surface area contributed by atoms with Gasteiger partial charge in [-0.05, 0) is 36.4 Å². The average molecular weight is 366 g/mol. The molecule has 1 aromatic heterocycles. The smallest absolute Gasteiger partial charge is 0.373 e. The first kappa shape index (κ1) is 17.8. The predicted molar refractivity (Wildman–Crippen MR) is 96.3 cm³/mol. The summed E-state index contributed by atoms with van der Waals surface area (Å²) >= 11 is 0. The van der Waals surface area contributed by atoms with Gasteiger partial charge < -0.3 is 14.8 Å². The Bertz CT molecular complexity index is 961. The highest BCUT2D eigenvalue weighted by molar-refractivity contribution is 5.89. The summed E-state index contributed by atoms with van der Waals surface area (Å²) in [6.07, 6.45) is 1.16. The molecule has 3 aromatic rings. The SMILES string of the molecule is COC(=O)c1ccc(Oc2ncnc(Nc3ccccc3)c2[N+](=O)[O-])cc1. The Balaban J connectivity index is 1.90. The maximum Gasteiger partial charge on any atom is 0.373 e. The van der Waals surface area contributed by atoms with Crippen LogP contribution in [0.2, 0.25) is 0 Å². The van der Waals surface area contributed by atoms with Crippen LogP contribution in [-0.2, 0) is 4.74 Å². The molecule has 0 amide bonds. The number of carbonyl (C=O) groups excluding carboxylic acids is 1. The summed E-state index contributed by atoms with van der Waals surface area (Å²) in [7, 11) is 1.28. The Labute approximate surface area is 153 Å². The van der Waals surface area contributed by atoms with Gasteiger partial charge in [0.2, 0.25) is 5.82 Å². The van der Waals surface area contributed by atoms with Crippen molar-refractivity contribution in [1.29, 1.82) is 0 Å². The van der Waals surface area contributed by atoms with Crippen LogP contribution in [0.3, 0.4) is 0 Å². The molecule has 1 N–H and O–H groups in total. The van der Waals surface area contributed by atoms with Crippen LogP contribution in [0.5, 0.6) is 11.6 Å². The number of hydrogen-bond donors (Lipinski definition) is 1. The van der Waals surface area contributed by atoms with Gasteiger partial charge in [-0.15, -0.1) is 0 Å². The quantitative estimate of drug-likeness (QED) is 0.399. The van der Waals surface area contributed by atoms with Crippen LogP contribution in [0.25, 0.3) is 0 Å². The van der Waals surface area contributed by atoms with E-state index in [1.54, 1.807) is 24.3 Å². The van der Waals surface area contributed by atoms with E-state index in [1.807, 2.05) is 6.07 Å². The zero-order chi connectivity index (χ0) is 19.2. The topological polar surface area (TPSA) is 116 Å².